The lowest BCUT2D eigenvalue weighted by Crippen LogP contribution is -2.34. The lowest BCUT2D eigenvalue weighted by atomic mass is 9.62. The molecular formula is C27H36O4. The highest BCUT2D eigenvalue weighted by Crippen LogP contribution is 2.46. The standard InChI is InChI=1S/C27H36O4/c1-26(2)14-15-27(3,4)24-17-20(10-13-23(24)26)21(7-5-6-16-28)18-31-22-11-8-19(9-12-22)25(29)30/h8-13,17,21,28H,5-7,14-16,18H2,1-4H3,(H,29,30). The summed E-state index contributed by atoms with van der Waals surface area (Å²) in [7, 11) is 0. The van der Waals surface area contributed by atoms with Crippen LogP contribution in [0.5, 0.6) is 5.75 Å². The number of unbranched alkanes of at least 4 members (excludes halogenated alkanes) is 1. The number of aromatic carboxylic acids is 1. The molecule has 0 aliphatic heterocycles. The van der Waals surface area contributed by atoms with E-state index in [4.69, 9.17) is 9.84 Å². The summed E-state index contributed by atoms with van der Waals surface area (Å²) >= 11 is 0. The van der Waals surface area contributed by atoms with Gasteiger partial charge < -0.3 is 14.9 Å². The van der Waals surface area contributed by atoms with Crippen molar-refractivity contribution in [3.8, 4) is 5.75 Å². The Kier molecular flexibility index (Phi) is 7.10. The van der Waals surface area contributed by atoms with Gasteiger partial charge in [-0.2, -0.15) is 0 Å². The zero-order valence-electron chi connectivity index (χ0n) is 19.3. The molecule has 1 aliphatic carbocycles. The average Bonchev–Trinajstić information content (AvgIpc) is 2.74. The zero-order valence-corrected chi connectivity index (χ0v) is 19.3. The molecule has 0 saturated heterocycles. The second kappa shape index (κ2) is 9.44. The van der Waals surface area contributed by atoms with Crippen LogP contribution in [0.3, 0.4) is 0 Å². The Morgan fingerprint density at radius 1 is 0.968 bits per heavy atom. The fourth-order valence-electron chi connectivity index (χ4n) is 4.60. The summed E-state index contributed by atoms with van der Waals surface area (Å²) in [6.45, 7) is 10.1. The fourth-order valence-corrected chi connectivity index (χ4v) is 4.60. The van der Waals surface area contributed by atoms with Crippen molar-refractivity contribution >= 4 is 5.97 Å². The van der Waals surface area contributed by atoms with Gasteiger partial charge in [0, 0.05) is 12.5 Å². The van der Waals surface area contributed by atoms with E-state index >= 15 is 0 Å². The molecule has 4 heteroatoms. The maximum Gasteiger partial charge on any atom is 0.335 e. The molecule has 1 unspecified atom stereocenters. The summed E-state index contributed by atoms with van der Waals surface area (Å²) in [5.74, 6) is -0.0403. The van der Waals surface area contributed by atoms with Crippen molar-refractivity contribution in [2.24, 2.45) is 0 Å². The van der Waals surface area contributed by atoms with Gasteiger partial charge in [-0.25, -0.2) is 4.79 Å². The molecule has 0 saturated carbocycles. The van der Waals surface area contributed by atoms with Gasteiger partial charge in [-0.05, 0) is 77.5 Å². The van der Waals surface area contributed by atoms with Crippen molar-refractivity contribution in [1.29, 1.82) is 0 Å². The molecule has 2 aromatic rings. The van der Waals surface area contributed by atoms with Crippen LogP contribution in [0.15, 0.2) is 42.5 Å². The molecule has 2 aromatic carbocycles. The van der Waals surface area contributed by atoms with E-state index < -0.39 is 5.97 Å². The van der Waals surface area contributed by atoms with Gasteiger partial charge in [0.1, 0.15) is 5.75 Å². The number of hydrogen-bond acceptors (Lipinski definition) is 3. The normalized spacial score (nSPS) is 17.6. The molecule has 0 radical (unpaired) electrons. The van der Waals surface area contributed by atoms with Gasteiger partial charge >= 0.3 is 5.97 Å². The lowest BCUT2D eigenvalue weighted by Gasteiger charge is -2.42. The summed E-state index contributed by atoms with van der Waals surface area (Å²) in [6.07, 6.45) is 5.04. The smallest absolute Gasteiger partial charge is 0.335 e. The van der Waals surface area contributed by atoms with Crippen LogP contribution in [0.25, 0.3) is 0 Å². The summed E-state index contributed by atoms with van der Waals surface area (Å²) in [4.78, 5) is 11.1. The van der Waals surface area contributed by atoms with E-state index in [9.17, 15) is 9.90 Å². The molecule has 4 nitrogen and oxygen atoms in total. The Bertz CT molecular complexity index is 896. The third-order valence-electron chi connectivity index (χ3n) is 6.86. The monoisotopic (exact) mass is 424 g/mol. The highest BCUT2D eigenvalue weighted by Gasteiger charge is 2.37. The van der Waals surface area contributed by atoms with Crippen molar-refractivity contribution in [3.05, 3.63) is 64.7 Å². The third kappa shape index (κ3) is 5.48. The van der Waals surface area contributed by atoms with Gasteiger partial charge in [-0.1, -0.05) is 52.3 Å². The number of aliphatic hydroxyl groups is 1. The molecular weight excluding hydrogens is 388 g/mol. The number of fused-ring (bicyclic) bond motifs is 1. The van der Waals surface area contributed by atoms with Crippen LogP contribution in [-0.4, -0.2) is 29.4 Å². The number of benzene rings is 2. The first-order valence-electron chi connectivity index (χ1n) is 11.4. The molecule has 31 heavy (non-hydrogen) atoms. The second-order valence-corrected chi connectivity index (χ2v) is 10.1. The van der Waals surface area contributed by atoms with Gasteiger partial charge in [0.2, 0.25) is 0 Å². The molecule has 2 N–H and O–H groups in total. The predicted octanol–water partition coefficient (Wildman–Crippen LogP) is 6.06. The Morgan fingerprint density at radius 3 is 2.23 bits per heavy atom. The number of rotatable bonds is 9. The molecule has 0 bridgehead atoms. The van der Waals surface area contributed by atoms with E-state index in [1.165, 1.54) is 29.5 Å². The minimum atomic E-state index is -0.937. The molecule has 0 amide bonds. The first-order valence-corrected chi connectivity index (χ1v) is 11.4. The number of ether oxygens (including phenoxy) is 1. The summed E-state index contributed by atoms with van der Waals surface area (Å²) in [5.41, 5.74) is 4.78. The van der Waals surface area contributed by atoms with Crippen molar-refractivity contribution in [2.75, 3.05) is 13.2 Å². The van der Waals surface area contributed by atoms with Gasteiger partial charge in [0.05, 0.1) is 12.2 Å². The van der Waals surface area contributed by atoms with E-state index in [2.05, 4.69) is 45.9 Å². The van der Waals surface area contributed by atoms with E-state index in [0.29, 0.717) is 12.4 Å². The fraction of sp³-hybridized carbons (Fsp3) is 0.519. The minimum absolute atomic E-state index is 0.157. The minimum Gasteiger partial charge on any atom is -0.493 e. The largest absolute Gasteiger partial charge is 0.493 e. The van der Waals surface area contributed by atoms with Crippen molar-refractivity contribution in [1.82, 2.24) is 0 Å². The van der Waals surface area contributed by atoms with Crippen LogP contribution in [0, 0.1) is 0 Å². The van der Waals surface area contributed by atoms with E-state index in [0.717, 1.165) is 19.3 Å². The molecule has 0 aromatic heterocycles. The highest BCUT2D eigenvalue weighted by atomic mass is 16.5. The molecule has 0 fully saturated rings. The Labute approximate surface area is 186 Å². The Hall–Kier alpha value is -2.33. The van der Waals surface area contributed by atoms with Gasteiger partial charge in [-0.15, -0.1) is 0 Å². The number of aliphatic hydroxyl groups excluding tert-OH is 1. The van der Waals surface area contributed by atoms with Crippen molar-refractivity contribution in [3.63, 3.8) is 0 Å². The first-order chi connectivity index (χ1) is 14.6. The third-order valence-corrected chi connectivity index (χ3v) is 6.86. The Balaban J connectivity index is 1.83. The van der Waals surface area contributed by atoms with E-state index in [-0.39, 0.29) is 28.9 Å². The molecule has 168 valence electrons. The summed E-state index contributed by atoms with van der Waals surface area (Å²) in [6, 6.07) is 13.5. The quantitative estimate of drug-likeness (QED) is 0.480. The maximum atomic E-state index is 11.1. The zero-order chi connectivity index (χ0) is 22.6. The van der Waals surface area contributed by atoms with E-state index in [1.807, 2.05) is 0 Å². The SMILES string of the molecule is CC1(C)CCC(C)(C)c2cc(C(CCCCO)COc3ccc(C(=O)O)cc3)ccc21. The molecule has 3 rings (SSSR count). The molecule has 0 heterocycles. The van der Waals surface area contributed by atoms with E-state index in [1.54, 1.807) is 24.3 Å². The molecule has 0 spiro atoms. The first kappa shape index (κ1) is 23.3. The van der Waals surface area contributed by atoms with Crippen LogP contribution < -0.4 is 4.74 Å². The van der Waals surface area contributed by atoms with Crippen molar-refractivity contribution < 1.29 is 19.7 Å². The number of carboxylic acid groups (broad SMARTS) is 1. The average molecular weight is 425 g/mol. The molecule has 1 aliphatic rings. The number of hydrogen-bond donors (Lipinski definition) is 2. The molecule has 1 atom stereocenters. The van der Waals surface area contributed by atoms with Crippen LogP contribution in [0.4, 0.5) is 0 Å². The Morgan fingerprint density at radius 2 is 1.61 bits per heavy atom. The predicted molar refractivity (Wildman–Crippen MR) is 124 cm³/mol. The van der Waals surface area contributed by atoms with Crippen LogP contribution in [-0.2, 0) is 10.8 Å². The van der Waals surface area contributed by atoms with Crippen molar-refractivity contribution in [2.45, 2.75) is 76.5 Å². The van der Waals surface area contributed by atoms with Crippen LogP contribution in [0.2, 0.25) is 0 Å². The van der Waals surface area contributed by atoms with Gasteiger partial charge in [0.25, 0.3) is 0 Å². The second-order valence-electron chi connectivity index (χ2n) is 10.1. The summed E-state index contributed by atoms with van der Waals surface area (Å²) in [5, 5.41) is 18.3. The maximum absolute atomic E-state index is 11.1. The van der Waals surface area contributed by atoms with Crippen LogP contribution in [0.1, 0.15) is 92.8 Å². The lowest BCUT2D eigenvalue weighted by molar-refractivity contribution is 0.0697. The number of carbonyl (C=O) groups is 1. The summed E-state index contributed by atoms with van der Waals surface area (Å²) < 4.78 is 6.07. The van der Waals surface area contributed by atoms with Gasteiger partial charge in [0.15, 0.2) is 0 Å². The number of carboxylic acids is 1. The highest BCUT2D eigenvalue weighted by molar-refractivity contribution is 5.87. The topological polar surface area (TPSA) is 66.8 Å². The van der Waals surface area contributed by atoms with Crippen LogP contribution >= 0.6 is 0 Å². The van der Waals surface area contributed by atoms with Gasteiger partial charge in [-0.3, -0.25) is 0 Å².